The van der Waals surface area contributed by atoms with Gasteiger partial charge in [-0.3, -0.25) is 16.3 Å². The molecule has 0 aliphatic rings. The van der Waals surface area contributed by atoms with Gasteiger partial charge in [0.05, 0.1) is 18.8 Å². The van der Waals surface area contributed by atoms with E-state index in [4.69, 9.17) is 10.6 Å². The van der Waals surface area contributed by atoms with E-state index in [9.17, 15) is 4.39 Å². The van der Waals surface area contributed by atoms with Gasteiger partial charge in [0.2, 0.25) is 0 Å². The first-order valence-corrected chi connectivity index (χ1v) is 4.92. The number of nitrogens with two attached hydrogens (primary N) is 1. The topological polar surface area (TPSA) is 60.2 Å². The van der Waals surface area contributed by atoms with E-state index in [-0.39, 0.29) is 11.9 Å². The second-order valence-corrected chi connectivity index (χ2v) is 3.19. The quantitative estimate of drug-likeness (QED) is 0.423. The fourth-order valence-corrected chi connectivity index (χ4v) is 1.24. The second-order valence-electron chi connectivity index (χ2n) is 3.19. The van der Waals surface area contributed by atoms with Crippen molar-refractivity contribution in [2.45, 2.75) is 19.4 Å². The smallest absolute Gasteiger partial charge is 0.146 e. The molecule has 0 aliphatic heterocycles. The van der Waals surface area contributed by atoms with E-state index < -0.39 is 0 Å². The number of rotatable bonds is 6. The van der Waals surface area contributed by atoms with E-state index in [2.05, 4.69) is 10.4 Å². The monoisotopic (exact) mass is 213 g/mol. The molecular weight excluding hydrogens is 197 g/mol. The molecule has 4 nitrogen and oxygen atoms in total. The summed E-state index contributed by atoms with van der Waals surface area (Å²) in [7, 11) is 0. The minimum absolute atomic E-state index is 0.334. The molecule has 84 valence electrons. The van der Waals surface area contributed by atoms with Crippen molar-refractivity contribution in [1.82, 2.24) is 10.4 Å². The summed E-state index contributed by atoms with van der Waals surface area (Å²) in [5.74, 6) is 4.96. The van der Waals surface area contributed by atoms with Gasteiger partial charge >= 0.3 is 0 Å². The van der Waals surface area contributed by atoms with Gasteiger partial charge in [-0.1, -0.05) is 6.92 Å². The molecule has 1 atom stereocenters. The maximum absolute atomic E-state index is 13.3. The SMILES string of the molecule is CCCOCC(NN)c1ccncc1F. The Balaban J connectivity index is 2.61. The molecule has 0 saturated heterocycles. The largest absolute Gasteiger partial charge is 0.379 e. The van der Waals surface area contributed by atoms with Crippen LogP contribution in [0.4, 0.5) is 4.39 Å². The van der Waals surface area contributed by atoms with Gasteiger partial charge in [0.25, 0.3) is 0 Å². The Morgan fingerprint density at radius 2 is 2.47 bits per heavy atom. The van der Waals surface area contributed by atoms with Crippen LogP contribution >= 0.6 is 0 Å². The summed E-state index contributed by atoms with van der Waals surface area (Å²) in [6.07, 6.45) is 3.62. The van der Waals surface area contributed by atoms with Crippen LogP contribution in [0.15, 0.2) is 18.5 Å². The molecule has 0 bridgehead atoms. The Morgan fingerprint density at radius 1 is 1.67 bits per heavy atom. The van der Waals surface area contributed by atoms with Crippen LogP contribution in [-0.2, 0) is 4.74 Å². The molecule has 1 heterocycles. The van der Waals surface area contributed by atoms with E-state index in [0.29, 0.717) is 18.8 Å². The fourth-order valence-electron chi connectivity index (χ4n) is 1.24. The van der Waals surface area contributed by atoms with Crippen molar-refractivity contribution in [2.24, 2.45) is 5.84 Å². The summed E-state index contributed by atoms with van der Waals surface area (Å²) in [5, 5.41) is 0. The van der Waals surface area contributed by atoms with Crippen molar-refractivity contribution in [3.05, 3.63) is 29.8 Å². The summed E-state index contributed by atoms with van der Waals surface area (Å²) in [5.41, 5.74) is 3.00. The Morgan fingerprint density at radius 3 is 3.07 bits per heavy atom. The van der Waals surface area contributed by atoms with Crippen LogP contribution in [0.3, 0.4) is 0 Å². The standard InChI is InChI=1S/C10H16FN3O/c1-2-5-15-7-10(14-12)8-3-4-13-6-9(8)11/h3-4,6,10,14H,2,5,7,12H2,1H3. The van der Waals surface area contributed by atoms with Crippen molar-refractivity contribution >= 4 is 0 Å². The lowest BCUT2D eigenvalue weighted by Crippen LogP contribution is -2.32. The summed E-state index contributed by atoms with van der Waals surface area (Å²) in [4.78, 5) is 3.67. The van der Waals surface area contributed by atoms with Gasteiger partial charge in [-0.2, -0.15) is 0 Å². The Labute approximate surface area is 88.6 Å². The maximum atomic E-state index is 13.3. The first-order valence-electron chi connectivity index (χ1n) is 4.92. The molecule has 0 aromatic carbocycles. The summed E-state index contributed by atoms with van der Waals surface area (Å²) < 4.78 is 18.6. The van der Waals surface area contributed by atoms with Crippen molar-refractivity contribution < 1.29 is 9.13 Å². The number of nitrogens with zero attached hydrogens (tertiary/aromatic N) is 1. The highest BCUT2D eigenvalue weighted by Crippen LogP contribution is 2.15. The van der Waals surface area contributed by atoms with Gasteiger partial charge in [0.15, 0.2) is 0 Å². The maximum Gasteiger partial charge on any atom is 0.146 e. The van der Waals surface area contributed by atoms with Gasteiger partial charge in [-0.25, -0.2) is 4.39 Å². The first kappa shape index (κ1) is 12.0. The molecule has 15 heavy (non-hydrogen) atoms. The fraction of sp³-hybridized carbons (Fsp3) is 0.500. The average Bonchev–Trinajstić information content (AvgIpc) is 2.26. The molecule has 0 radical (unpaired) electrons. The molecular formula is C10H16FN3O. The van der Waals surface area contributed by atoms with E-state index in [0.717, 1.165) is 6.42 Å². The summed E-state index contributed by atoms with van der Waals surface area (Å²) in [6, 6.07) is 1.26. The number of hydrogen-bond donors (Lipinski definition) is 2. The molecule has 0 aliphatic carbocycles. The third-order valence-corrected chi connectivity index (χ3v) is 2.01. The Kier molecular flexibility index (Phi) is 5.17. The zero-order valence-electron chi connectivity index (χ0n) is 8.74. The highest BCUT2D eigenvalue weighted by atomic mass is 19.1. The number of ether oxygens (including phenoxy) is 1. The van der Waals surface area contributed by atoms with Crippen molar-refractivity contribution in [2.75, 3.05) is 13.2 Å². The lowest BCUT2D eigenvalue weighted by atomic mass is 10.1. The number of hydrogen-bond acceptors (Lipinski definition) is 4. The Bertz CT molecular complexity index is 296. The number of hydrazine groups is 1. The van der Waals surface area contributed by atoms with Gasteiger partial charge in [-0.05, 0) is 12.5 Å². The molecule has 0 amide bonds. The van der Waals surface area contributed by atoms with E-state index >= 15 is 0 Å². The highest BCUT2D eigenvalue weighted by molar-refractivity contribution is 5.17. The molecule has 0 spiro atoms. The van der Waals surface area contributed by atoms with Crippen LogP contribution < -0.4 is 11.3 Å². The lowest BCUT2D eigenvalue weighted by Gasteiger charge is -2.16. The molecule has 1 aromatic heterocycles. The molecule has 0 fully saturated rings. The number of halogens is 1. The number of aromatic nitrogens is 1. The zero-order valence-corrected chi connectivity index (χ0v) is 8.74. The molecule has 5 heteroatoms. The van der Waals surface area contributed by atoms with Gasteiger partial charge in [0, 0.05) is 18.4 Å². The third kappa shape index (κ3) is 3.54. The number of nitrogens with one attached hydrogen (secondary N) is 1. The minimum atomic E-state index is -0.374. The van der Waals surface area contributed by atoms with Crippen LogP contribution in [0.1, 0.15) is 24.9 Å². The summed E-state index contributed by atoms with van der Waals surface area (Å²) >= 11 is 0. The second kappa shape index (κ2) is 6.44. The van der Waals surface area contributed by atoms with Gasteiger partial charge in [-0.15, -0.1) is 0 Å². The first-order chi connectivity index (χ1) is 7.29. The van der Waals surface area contributed by atoms with Crippen molar-refractivity contribution in [3.8, 4) is 0 Å². The van der Waals surface area contributed by atoms with Crippen LogP contribution in [0, 0.1) is 5.82 Å². The highest BCUT2D eigenvalue weighted by Gasteiger charge is 2.13. The van der Waals surface area contributed by atoms with Crippen molar-refractivity contribution in [1.29, 1.82) is 0 Å². The molecule has 3 N–H and O–H groups in total. The molecule has 1 unspecified atom stereocenters. The zero-order chi connectivity index (χ0) is 11.1. The number of pyridine rings is 1. The van der Waals surface area contributed by atoms with Crippen LogP contribution in [-0.4, -0.2) is 18.2 Å². The third-order valence-electron chi connectivity index (χ3n) is 2.01. The van der Waals surface area contributed by atoms with Crippen LogP contribution in [0.2, 0.25) is 0 Å². The minimum Gasteiger partial charge on any atom is -0.379 e. The normalized spacial score (nSPS) is 12.7. The summed E-state index contributed by atoms with van der Waals surface area (Å²) in [6.45, 7) is 3.01. The van der Waals surface area contributed by atoms with Crippen LogP contribution in [0.5, 0.6) is 0 Å². The van der Waals surface area contributed by atoms with E-state index in [1.807, 2.05) is 6.92 Å². The molecule has 0 saturated carbocycles. The van der Waals surface area contributed by atoms with Crippen LogP contribution in [0.25, 0.3) is 0 Å². The lowest BCUT2D eigenvalue weighted by molar-refractivity contribution is 0.111. The van der Waals surface area contributed by atoms with Gasteiger partial charge < -0.3 is 4.74 Å². The predicted molar refractivity (Wildman–Crippen MR) is 55.4 cm³/mol. The van der Waals surface area contributed by atoms with Crippen molar-refractivity contribution in [3.63, 3.8) is 0 Å². The predicted octanol–water partition coefficient (Wildman–Crippen LogP) is 1.15. The average molecular weight is 213 g/mol. The van der Waals surface area contributed by atoms with Gasteiger partial charge in [0.1, 0.15) is 5.82 Å². The van der Waals surface area contributed by atoms with E-state index in [1.165, 1.54) is 12.4 Å². The van der Waals surface area contributed by atoms with E-state index in [1.54, 1.807) is 6.07 Å². The Hall–Kier alpha value is -1.04. The molecule has 1 aromatic rings. The molecule has 1 rings (SSSR count).